The van der Waals surface area contributed by atoms with Crippen LogP contribution in [-0.4, -0.2) is 20.1 Å². The molecule has 3 aromatic rings. The second-order valence-electron chi connectivity index (χ2n) is 4.42. The maximum Gasteiger partial charge on any atom is 0.148 e. The van der Waals surface area contributed by atoms with E-state index < -0.39 is 11.6 Å². The molecule has 0 spiro atoms. The first kappa shape index (κ1) is 13.4. The van der Waals surface area contributed by atoms with Gasteiger partial charge in [0, 0.05) is 5.56 Å². The van der Waals surface area contributed by atoms with Gasteiger partial charge in [-0.25, -0.2) is 13.5 Å². The average molecular weight is 287 g/mol. The molecule has 1 heterocycles. The molecule has 106 valence electrons. The van der Waals surface area contributed by atoms with E-state index in [0.717, 1.165) is 0 Å². The Kier molecular flexibility index (Phi) is 3.45. The number of rotatable bonds is 3. The first-order chi connectivity index (χ1) is 10.2. The topological polar surface area (TPSA) is 50.9 Å². The SMILES string of the molecule is OCc1nnn(-c2ccccc2F)c1-c1cccc(F)c1. The highest BCUT2D eigenvalue weighted by Gasteiger charge is 2.18. The molecule has 0 bridgehead atoms. The summed E-state index contributed by atoms with van der Waals surface area (Å²) in [6, 6.07) is 11.8. The zero-order chi connectivity index (χ0) is 14.8. The summed E-state index contributed by atoms with van der Waals surface area (Å²) in [5.41, 5.74) is 1.27. The molecule has 0 atom stereocenters. The van der Waals surface area contributed by atoms with E-state index in [2.05, 4.69) is 10.3 Å². The van der Waals surface area contributed by atoms with Crippen LogP contribution in [0.5, 0.6) is 0 Å². The first-order valence-corrected chi connectivity index (χ1v) is 6.27. The second-order valence-corrected chi connectivity index (χ2v) is 4.42. The normalized spacial score (nSPS) is 10.8. The number of hydrogen-bond acceptors (Lipinski definition) is 3. The maximum absolute atomic E-state index is 13.9. The van der Waals surface area contributed by atoms with E-state index in [-0.39, 0.29) is 18.0 Å². The number of hydrogen-bond donors (Lipinski definition) is 1. The van der Waals surface area contributed by atoms with Gasteiger partial charge in [0.2, 0.25) is 0 Å². The lowest BCUT2D eigenvalue weighted by molar-refractivity contribution is 0.277. The number of benzene rings is 2. The van der Waals surface area contributed by atoms with Crippen molar-refractivity contribution in [1.29, 1.82) is 0 Å². The van der Waals surface area contributed by atoms with Gasteiger partial charge in [-0.05, 0) is 24.3 Å². The van der Waals surface area contributed by atoms with Crippen molar-refractivity contribution < 1.29 is 13.9 Å². The van der Waals surface area contributed by atoms with Crippen LogP contribution in [0.4, 0.5) is 8.78 Å². The van der Waals surface area contributed by atoms with Crippen LogP contribution in [0.2, 0.25) is 0 Å². The Hall–Kier alpha value is -2.60. The fourth-order valence-corrected chi connectivity index (χ4v) is 2.14. The molecule has 0 aliphatic heterocycles. The number of nitrogens with zero attached hydrogens (tertiary/aromatic N) is 3. The van der Waals surface area contributed by atoms with Crippen LogP contribution in [0.3, 0.4) is 0 Å². The lowest BCUT2D eigenvalue weighted by atomic mass is 10.1. The molecule has 4 nitrogen and oxygen atoms in total. The number of halogens is 2. The quantitative estimate of drug-likeness (QED) is 0.805. The van der Waals surface area contributed by atoms with Gasteiger partial charge in [-0.1, -0.05) is 29.5 Å². The Bertz CT molecular complexity index is 786. The van der Waals surface area contributed by atoms with Crippen molar-refractivity contribution in [3.8, 4) is 16.9 Å². The van der Waals surface area contributed by atoms with Crippen molar-refractivity contribution in [3.63, 3.8) is 0 Å². The van der Waals surface area contributed by atoms with Crippen molar-refractivity contribution in [3.05, 3.63) is 65.9 Å². The van der Waals surface area contributed by atoms with Crippen LogP contribution in [0.1, 0.15) is 5.69 Å². The molecule has 0 aliphatic carbocycles. The average Bonchev–Trinajstić information content (AvgIpc) is 2.91. The molecule has 21 heavy (non-hydrogen) atoms. The summed E-state index contributed by atoms with van der Waals surface area (Å²) in [5.74, 6) is -0.915. The van der Waals surface area contributed by atoms with Crippen molar-refractivity contribution in [1.82, 2.24) is 15.0 Å². The number of aromatic nitrogens is 3. The summed E-state index contributed by atoms with van der Waals surface area (Å²) >= 11 is 0. The molecule has 0 saturated carbocycles. The Morgan fingerprint density at radius 2 is 1.86 bits per heavy atom. The van der Waals surface area contributed by atoms with Crippen LogP contribution in [0.15, 0.2) is 48.5 Å². The van der Waals surface area contributed by atoms with Crippen molar-refractivity contribution >= 4 is 0 Å². The van der Waals surface area contributed by atoms with E-state index in [1.807, 2.05) is 0 Å². The minimum absolute atomic E-state index is 0.184. The number of aliphatic hydroxyl groups excluding tert-OH is 1. The smallest absolute Gasteiger partial charge is 0.148 e. The summed E-state index contributed by atoms with van der Waals surface area (Å²) in [6.07, 6.45) is 0. The molecule has 2 aromatic carbocycles. The van der Waals surface area contributed by atoms with Crippen molar-refractivity contribution in [2.75, 3.05) is 0 Å². The third kappa shape index (κ3) is 2.41. The maximum atomic E-state index is 13.9. The second kappa shape index (κ2) is 5.41. The van der Waals surface area contributed by atoms with Crippen LogP contribution in [0, 0.1) is 11.6 Å². The molecule has 0 amide bonds. The minimum atomic E-state index is -0.482. The molecule has 0 unspecified atom stereocenters. The van der Waals surface area contributed by atoms with Crippen LogP contribution < -0.4 is 0 Å². The highest BCUT2D eigenvalue weighted by molar-refractivity contribution is 5.64. The molecule has 0 saturated heterocycles. The minimum Gasteiger partial charge on any atom is -0.390 e. The summed E-state index contributed by atoms with van der Waals surface area (Å²) in [4.78, 5) is 0. The summed E-state index contributed by atoms with van der Waals surface area (Å²) in [6.45, 7) is -0.375. The summed E-state index contributed by atoms with van der Waals surface area (Å²) < 4.78 is 28.6. The molecular formula is C15H11F2N3O. The molecule has 6 heteroatoms. The van der Waals surface area contributed by atoms with Crippen molar-refractivity contribution in [2.24, 2.45) is 0 Å². The van der Waals surface area contributed by atoms with Gasteiger partial charge in [-0.15, -0.1) is 5.10 Å². The highest BCUT2D eigenvalue weighted by atomic mass is 19.1. The fraction of sp³-hybridized carbons (Fsp3) is 0.0667. The Balaban J connectivity index is 2.24. The van der Waals surface area contributed by atoms with Crippen LogP contribution in [-0.2, 0) is 6.61 Å². The molecule has 1 aromatic heterocycles. The van der Waals surface area contributed by atoms with E-state index in [4.69, 9.17) is 0 Å². The van der Waals surface area contributed by atoms with E-state index in [1.165, 1.54) is 35.0 Å². The third-order valence-electron chi connectivity index (χ3n) is 3.07. The number of aliphatic hydroxyl groups is 1. The Labute approximate surface area is 119 Å². The van der Waals surface area contributed by atoms with Gasteiger partial charge >= 0.3 is 0 Å². The largest absolute Gasteiger partial charge is 0.390 e. The Morgan fingerprint density at radius 3 is 2.57 bits per heavy atom. The molecule has 0 aliphatic rings. The third-order valence-corrected chi connectivity index (χ3v) is 3.07. The summed E-state index contributed by atoms with van der Waals surface area (Å²) in [7, 11) is 0. The molecular weight excluding hydrogens is 276 g/mol. The van der Waals surface area contributed by atoms with Gasteiger partial charge in [0.15, 0.2) is 0 Å². The fourth-order valence-electron chi connectivity index (χ4n) is 2.14. The van der Waals surface area contributed by atoms with Crippen LogP contribution in [0.25, 0.3) is 16.9 Å². The van der Waals surface area contributed by atoms with Crippen molar-refractivity contribution in [2.45, 2.75) is 6.61 Å². The van der Waals surface area contributed by atoms with Gasteiger partial charge in [-0.2, -0.15) is 0 Å². The molecule has 0 radical (unpaired) electrons. The van der Waals surface area contributed by atoms with Gasteiger partial charge in [0.05, 0.1) is 6.61 Å². The standard InChI is InChI=1S/C15H11F2N3O/c16-11-5-3-4-10(8-11)15-13(9-21)18-19-20(15)14-7-2-1-6-12(14)17/h1-8,21H,9H2. The van der Waals surface area contributed by atoms with Crippen LogP contribution >= 0.6 is 0 Å². The lowest BCUT2D eigenvalue weighted by Crippen LogP contribution is -2.03. The van der Waals surface area contributed by atoms with Gasteiger partial charge in [-0.3, -0.25) is 0 Å². The van der Waals surface area contributed by atoms with E-state index >= 15 is 0 Å². The monoisotopic (exact) mass is 287 g/mol. The predicted molar refractivity (Wildman–Crippen MR) is 72.6 cm³/mol. The zero-order valence-corrected chi connectivity index (χ0v) is 10.9. The van der Waals surface area contributed by atoms with E-state index in [0.29, 0.717) is 11.3 Å². The first-order valence-electron chi connectivity index (χ1n) is 6.27. The Morgan fingerprint density at radius 1 is 1.05 bits per heavy atom. The lowest BCUT2D eigenvalue weighted by Gasteiger charge is -2.08. The van der Waals surface area contributed by atoms with Gasteiger partial charge < -0.3 is 5.11 Å². The van der Waals surface area contributed by atoms with E-state index in [9.17, 15) is 13.9 Å². The molecule has 3 rings (SSSR count). The zero-order valence-electron chi connectivity index (χ0n) is 10.9. The predicted octanol–water partition coefficient (Wildman–Crippen LogP) is 2.70. The molecule has 0 fully saturated rings. The summed E-state index contributed by atoms with van der Waals surface area (Å²) in [5, 5.41) is 17.1. The molecule has 1 N–H and O–H groups in total. The number of para-hydroxylation sites is 1. The highest BCUT2D eigenvalue weighted by Crippen LogP contribution is 2.26. The van der Waals surface area contributed by atoms with E-state index in [1.54, 1.807) is 18.2 Å². The van der Waals surface area contributed by atoms with Gasteiger partial charge in [0.1, 0.15) is 28.7 Å². The van der Waals surface area contributed by atoms with Gasteiger partial charge in [0.25, 0.3) is 0 Å².